The first-order chi connectivity index (χ1) is 10.7. The lowest BCUT2D eigenvalue weighted by Crippen LogP contribution is -2.13. The lowest BCUT2D eigenvalue weighted by Gasteiger charge is -2.17. The number of benzene rings is 1. The lowest BCUT2D eigenvalue weighted by atomic mass is 10.2. The second-order valence-electron chi connectivity index (χ2n) is 5.36. The summed E-state index contributed by atoms with van der Waals surface area (Å²) < 4.78 is 7.17. The molecular weight excluding hydrogens is 298 g/mol. The molecule has 0 aliphatic carbocycles. The SMILES string of the molecule is CC[C@H](C)n1c(S[C@H]2CCOC2=O)nnc1-c1ccccc1. The normalized spacial score (nSPS) is 19.2. The second kappa shape index (κ2) is 6.52. The van der Waals surface area contributed by atoms with E-state index in [1.807, 2.05) is 30.3 Å². The van der Waals surface area contributed by atoms with Crippen LogP contribution in [0.1, 0.15) is 32.7 Å². The fraction of sp³-hybridized carbons (Fsp3) is 0.438. The molecule has 2 aromatic rings. The Morgan fingerprint density at radius 1 is 1.36 bits per heavy atom. The number of ether oxygens (including phenoxy) is 1. The van der Waals surface area contributed by atoms with Crippen LogP contribution < -0.4 is 0 Å². The predicted octanol–water partition coefficient (Wildman–Crippen LogP) is 3.32. The summed E-state index contributed by atoms with van der Waals surface area (Å²) >= 11 is 1.46. The Kier molecular flexibility index (Phi) is 4.47. The molecule has 5 nitrogen and oxygen atoms in total. The summed E-state index contributed by atoms with van der Waals surface area (Å²) in [5.41, 5.74) is 1.04. The predicted molar refractivity (Wildman–Crippen MR) is 85.7 cm³/mol. The Morgan fingerprint density at radius 2 is 2.14 bits per heavy atom. The molecule has 1 fully saturated rings. The van der Waals surface area contributed by atoms with Crippen molar-refractivity contribution >= 4 is 17.7 Å². The first-order valence-corrected chi connectivity index (χ1v) is 8.42. The zero-order chi connectivity index (χ0) is 15.5. The summed E-state index contributed by atoms with van der Waals surface area (Å²) in [6.45, 7) is 4.78. The van der Waals surface area contributed by atoms with E-state index in [2.05, 4.69) is 28.6 Å². The number of thioether (sulfide) groups is 1. The maximum atomic E-state index is 11.7. The number of carbonyl (C=O) groups excluding carboxylic acids is 1. The highest BCUT2D eigenvalue weighted by Crippen LogP contribution is 2.33. The molecule has 1 aliphatic heterocycles. The van der Waals surface area contributed by atoms with Gasteiger partial charge >= 0.3 is 5.97 Å². The van der Waals surface area contributed by atoms with Crippen LogP contribution in [0, 0.1) is 0 Å². The smallest absolute Gasteiger partial charge is 0.319 e. The van der Waals surface area contributed by atoms with Crippen LogP contribution in [-0.4, -0.2) is 32.6 Å². The summed E-state index contributed by atoms with van der Waals surface area (Å²) in [4.78, 5) is 11.7. The number of esters is 1. The molecule has 6 heteroatoms. The van der Waals surface area contributed by atoms with Crippen molar-refractivity contribution in [1.29, 1.82) is 0 Å². The zero-order valence-electron chi connectivity index (χ0n) is 12.7. The fourth-order valence-electron chi connectivity index (χ4n) is 2.43. The molecule has 0 unspecified atom stereocenters. The van der Waals surface area contributed by atoms with Gasteiger partial charge in [-0.1, -0.05) is 49.0 Å². The maximum Gasteiger partial charge on any atom is 0.319 e. The standard InChI is InChI=1S/C16H19N3O2S/c1-3-11(2)19-14(12-7-5-4-6-8-12)17-18-16(19)22-13-9-10-21-15(13)20/h4-8,11,13H,3,9-10H2,1-2H3/t11-,13-/m0/s1. The van der Waals surface area contributed by atoms with Gasteiger partial charge in [0.25, 0.3) is 0 Å². The Morgan fingerprint density at radius 3 is 2.77 bits per heavy atom. The first-order valence-electron chi connectivity index (χ1n) is 7.54. The van der Waals surface area contributed by atoms with Gasteiger partial charge in [-0.05, 0) is 13.3 Å². The number of rotatable bonds is 5. The maximum absolute atomic E-state index is 11.7. The topological polar surface area (TPSA) is 57.0 Å². The van der Waals surface area contributed by atoms with Crippen LogP contribution in [0.5, 0.6) is 0 Å². The van der Waals surface area contributed by atoms with Gasteiger partial charge in [-0.15, -0.1) is 10.2 Å². The van der Waals surface area contributed by atoms with Crippen LogP contribution in [0.15, 0.2) is 35.5 Å². The summed E-state index contributed by atoms with van der Waals surface area (Å²) in [6.07, 6.45) is 1.71. The largest absolute Gasteiger partial charge is 0.465 e. The van der Waals surface area contributed by atoms with Gasteiger partial charge in [-0.3, -0.25) is 9.36 Å². The zero-order valence-corrected chi connectivity index (χ0v) is 13.5. The number of cyclic esters (lactones) is 1. The van der Waals surface area contributed by atoms with Gasteiger partial charge in [0.2, 0.25) is 0 Å². The van der Waals surface area contributed by atoms with Gasteiger partial charge in [-0.25, -0.2) is 0 Å². The van der Waals surface area contributed by atoms with Gasteiger partial charge in [-0.2, -0.15) is 0 Å². The molecule has 2 atom stereocenters. The summed E-state index contributed by atoms with van der Waals surface area (Å²) in [5, 5.41) is 9.31. The van der Waals surface area contributed by atoms with Gasteiger partial charge in [0, 0.05) is 18.0 Å². The van der Waals surface area contributed by atoms with Gasteiger partial charge in [0.1, 0.15) is 5.25 Å². The van der Waals surface area contributed by atoms with E-state index in [1.165, 1.54) is 11.8 Å². The van der Waals surface area contributed by atoms with Crippen molar-refractivity contribution in [2.75, 3.05) is 6.61 Å². The van der Waals surface area contributed by atoms with Crippen LogP contribution in [0.4, 0.5) is 0 Å². The summed E-state index contributed by atoms with van der Waals surface area (Å²) in [6, 6.07) is 10.3. The second-order valence-corrected chi connectivity index (χ2v) is 6.53. The van der Waals surface area contributed by atoms with Crippen LogP contribution in [0.25, 0.3) is 11.4 Å². The van der Waals surface area contributed by atoms with Crippen LogP contribution >= 0.6 is 11.8 Å². The van der Waals surface area contributed by atoms with Gasteiger partial charge in [0.15, 0.2) is 11.0 Å². The number of carbonyl (C=O) groups is 1. The fourth-order valence-corrected chi connectivity index (χ4v) is 3.53. The molecule has 0 saturated carbocycles. The summed E-state index contributed by atoms with van der Waals surface area (Å²) in [5.74, 6) is 0.703. The highest BCUT2D eigenvalue weighted by atomic mass is 32.2. The van der Waals surface area contributed by atoms with E-state index in [9.17, 15) is 4.79 Å². The number of hydrogen-bond donors (Lipinski definition) is 0. The molecule has 1 aliphatic rings. The van der Waals surface area contributed by atoms with E-state index >= 15 is 0 Å². The van der Waals surface area contributed by atoms with E-state index in [-0.39, 0.29) is 17.3 Å². The van der Waals surface area contributed by atoms with E-state index < -0.39 is 0 Å². The van der Waals surface area contributed by atoms with Crippen LogP contribution in [0.2, 0.25) is 0 Å². The van der Waals surface area contributed by atoms with Crippen molar-refractivity contribution in [3.8, 4) is 11.4 Å². The highest BCUT2D eigenvalue weighted by Gasteiger charge is 2.30. The van der Waals surface area contributed by atoms with Crippen LogP contribution in [-0.2, 0) is 9.53 Å². The van der Waals surface area contributed by atoms with Crippen molar-refractivity contribution < 1.29 is 9.53 Å². The van der Waals surface area contributed by atoms with Gasteiger partial charge in [0.05, 0.1) is 6.61 Å². The lowest BCUT2D eigenvalue weighted by molar-refractivity contribution is -0.137. The molecule has 0 bridgehead atoms. The molecule has 0 radical (unpaired) electrons. The molecule has 0 N–H and O–H groups in total. The van der Waals surface area contributed by atoms with Crippen molar-refractivity contribution in [2.24, 2.45) is 0 Å². The monoisotopic (exact) mass is 317 g/mol. The van der Waals surface area contributed by atoms with E-state index in [4.69, 9.17) is 4.74 Å². The van der Waals surface area contributed by atoms with Crippen molar-refractivity contribution in [3.05, 3.63) is 30.3 Å². The Hall–Kier alpha value is -1.82. The molecule has 0 amide bonds. The molecule has 1 saturated heterocycles. The molecule has 22 heavy (non-hydrogen) atoms. The van der Waals surface area contributed by atoms with E-state index in [0.29, 0.717) is 6.61 Å². The van der Waals surface area contributed by atoms with E-state index in [1.54, 1.807) is 0 Å². The minimum absolute atomic E-state index is 0.148. The molecule has 116 valence electrons. The molecule has 1 aromatic carbocycles. The Bertz CT molecular complexity index is 657. The van der Waals surface area contributed by atoms with Crippen molar-refractivity contribution in [1.82, 2.24) is 14.8 Å². The molecular formula is C16H19N3O2S. The molecule has 0 spiro atoms. The first kappa shape index (κ1) is 15.1. The average Bonchev–Trinajstić information content (AvgIpc) is 3.15. The minimum atomic E-state index is -0.171. The number of hydrogen-bond acceptors (Lipinski definition) is 5. The third kappa shape index (κ3) is 2.88. The van der Waals surface area contributed by atoms with Crippen LogP contribution in [0.3, 0.4) is 0 Å². The summed E-state index contributed by atoms with van der Waals surface area (Å²) in [7, 11) is 0. The highest BCUT2D eigenvalue weighted by molar-refractivity contribution is 8.00. The van der Waals surface area contributed by atoms with Gasteiger partial charge < -0.3 is 4.74 Å². The third-order valence-corrected chi connectivity index (χ3v) is 5.06. The molecule has 1 aromatic heterocycles. The third-order valence-electron chi connectivity index (χ3n) is 3.86. The Labute approximate surface area is 134 Å². The Balaban J connectivity index is 1.96. The molecule has 3 rings (SSSR count). The minimum Gasteiger partial charge on any atom is -0.465 e. The number of nitrogens with zero attached hydrogens (tertiary/aromatic N) is 3. The van der Waals surface area contributed by atoms with E-state index in [0.717, 1.165) is 29.4 Å². The quantitative estimate of drug-likeness (QED) is 0.792. The molecule has 2 heterocycles. The van der Waals surface area contributed by atoms with Crippen molar-refractivity contribution in [2.45, 2.75) is 43.1 Å². The average molecular weight is 317 g/mol. The number of aromatic nitrogens is 3. The van der Waals surface area contributed by atoms with Crippen molar-refractivity contribution in [3.63, 3.8) is 0 Å².